The van der Waals surface area contributed by atoms with E-state index < -0.39 is 18.4 Å². The molecule has 1 unspecified atom stereocenters. The normalized spacial score (nSPS) is 19.1. The Morgan fingerprint density at radius 2 is 1.86 bits per heavy atom. The molecule has 4 rings (SSSR count). The Kier molecular flexibility index (Phi) is 8.05. The van der Waals surface area contributed by atoms with Crippen LogP contribution in [0.15, 0.2) is 42.5 Å². The summed E-state index contributed by atoms with van der Waals surface area (Å²) in [7, 11) is 4.55. The molecule has 0 radical (unpaired) electrons. The Balaban J connectivity index is 1.77. The van der Waals surface area contributed by atoms with Gasteiger partial charge in [-0.25, -0.2) is 9.69 Å². The van der Waals surface area contributed by atoms with E-state index in [9.17, 15) is 14.7 Å². The molecule has 2 aliphatic rings. The van der Waals surface area contributed by atoms with Crippen molar-refractivity contribution in [3.8, 4) is 17.2 Å². The molecule has 0 fully saturated rings. The summed E-state index contributed by atoms with van der Waals surface area (Å²) in [4.78, 5) is 29.1. The Hall–Kier alpha value is -3.24. The van der Waals surface area contributed by atoms with Gasteiger partial charge < -0.3 is 29.0 Å². The summed E-state index contributed by atoms with van der Waals surface area (Å²) < 4.78 is 22.4. The molecule has 192 valence electrons. The van der Waals surface area contributed by atoms with Gasteiger partial charge in [-0.3, -0.25) is 4.79 Å². The third-order valence-electron chi connectivity index (χ3n) is 6.42. The number of halogens is 1. The fourth-order valence-electron chi connectivity index (χ4n) is 4.66. The van der Waals surface area contributed by atoms with Crippen LogP contribution in [0.2, 0.25) is 0 Å². The number of benzene rings is 2. The van der Waals surface area contributed by atoms with Crippen LogP contribution in [0.3, 0.4) is 0 Å². The Labute approximate surface area is 218 Å². The maximum Gasteiger partial charge on any atom is 0.414 e. The van der Waals surface area contributed by atoms with E-state index >= 15 is 0 Å². The molecule has 10 heteroatoms. The number of methoxy groups -OCH3 is 3. The number of hydrogen-bond donors (Lipinski definition) is 1. The predicted molar refractivity (Wildman–Crippen MR) is 139 cm³/mol. The second kappa shape index (κ2) is 11.2. The van der Waals surface area contributed by atoms with Gasteiger partial charge in [-0.1, -0.05) is 34.1 Å². The predicted octanol–water partition coefficient (Wildman–Crippen LogP) is 4.64. The van der Waals surface area contributed by atoms with E-state index in [2.05, 4.69) is 15.9 Å². The lowest BCUT2D eigenvalue weighted by Gasteiger charge is -2.39. The highest BCUT2D eigenvalue weighted by Crippen LogP contribution is 2.42. The zero-order chi connectivity index (χ0) is 25.8. The molecule has 0 aliphatic carbocycles. The molecular formula is C26H29BrN2O7. The van der Waals surface area contributed by atoms with Crippen LogP contribution in [0.25, 0.3) is 5.57 Å². The average molecular weight is 561 g/mol. The molecule has 36 heavy (non-hydrogen) atoms. The average Bonchev–Trinajstić information content (AvgIpc) is 3.00. The molecule has 1 N–H and O–H groups in total. The minimum absolute atomic E-state index is 0.203. The van der Waals surface area contributed by atoms with Crippen LogP contribution in [-0.2, 0) is 4.74 Å². The first-order valence-corrected chi connectivity index (χ1v) is 12.7. The third-order valence-corrected chi connectivity index (χ3v) is 6.98. The van der Waals surface area contributed by atoms with E-state index in [0.717, 1.165) is 33.5 Å². The Bertz CT molecular complexity index is 1150. The summed E-state index contributed by atoms with van der Waals surface area (Å²) >= 11 is 3.37. The van der Waals surface area contributed by atoms with E-state index in [1.165, 1.54) is 14.2 Å². The lowest BCUT2D eigenvalue weighted by Crippen LogP contribution is -2.55. The summed E-state index contributed by atoms with van der Waals surface area (Å²) in [6.45, 7) is 0.711. The van der Waals surface area contributed by atoms with Crippen molar-refractivity contribution in [1.29, 1.82) is 0 Å². The van der Waals surface area contributed by atoms with Crippen LogP contribution < -0.4 is 19.1 Å². The second-order valence-corrected chi connectivity index (χ2v) is 9.17. The number of amides is 2. The molecule has 0 spiro atoms. The van der Waals surface area contributed by atoms with Gasteiger partial charge in [0.2, 0.25) is 0 Å². The van der Waals surface area contributed by atoms with Crippen molar-refractivity contribution in [3.05, 3.63) is 53.6 Å². The van der Waals surface area contributed by atoms with Crippen LogP contribution in [0, 0.1) is 0 Å². The van der Waals surface area contributed by atoms with Crippen molar-refractivity contribution in [2.45, 2.75) is 25.1 Å². The molecule has 9 nitrogen and oxygen atoms in total. The van der Waals surface area contributed by atoms with Crippen molar-refractivity contribution in [3.63, 3.8) is 0 Å². The zero-order valence-electron chi connectivity index (χ0n) is 20.4. The Morgan fingerprint density at radius 1 is 1.11 bits per heavy atom. The molecule has 2 amide bonds. The molecule has 2 aromatic rings. The first kappa shape index (κ1) is 25.8. The van der Waals surface area contributed by atoms with Gasteiger partial charge in [0.1, 0.15) is 5.75 Å². The van der Waals surface area contributed by atoms with Crippen LogP contribution in [0.4, 0.5) is 10.5 Å². The van der Waals surface area contributed by atoms with E-state index in [1.807, 2.05) is 30.3 Å². The second-order valence-electron chi connectivity index (χ2n) is 8.38. The fraction of sp³-hybridized carbons (Fsp3) is 0.385. The minimum Gasteiger partial charge on any atom is -0.497 e. The summed E-state index contributed by atoms with van der Waals surface area (Å²) in [6.07, 6.45) is 1.00. The lowest BCUT2D eigenvalue weighted by atomic mass is 9.92. The van der Waals surface area contributed by atoms with Gasteiger partial charge in [-0.15, -0.1) is 0 Å². The number of fused-ring (bicyclic) bond motifs is 2. The van der Waals surface area contributed by atoms with E-state index in [0.29, 0.717) is 31.1 Å². The van der Waals surface area contributed by atoms with E-state index in [1.54, 1.807) is 24.1 Å². The number of carboxylic acid groups (broad SMARTS) is 1. The summed E-state index contributed by atoms with van der Waals surface area (Å²) in [6, 6.07) is 10.2. The van der Waals surface area contributed by atoms with Crippen molar-refractivity contribution < 1.29 is 33.6 Å². The van der Waals surface area contributed by atoms with Crippen molar-refractivity contribution in [2.75, 3.05) is 44.7 Å². The number of carbonyl (C=O) groups excluding carboxylic acids is 1. The lowest BCUT2D eigenvalue weighted by molar-refractivity contribution is 0.0191. The van der Waals surface area contributed by atoms with E-state index in [4.69, 9.17) is 18.9 Å². The standard InChI is InChI=1S/C26H29BrN2O7/c1-33-18-7-5-16(6-8-18)17-9-11-28-21(13-17)25(35-3)29(26(31)32)20-15-23(36-12-4-10-27)22(34-2)14-19(20)24(28)30/h5-9,14-15,21,25H,4,10-13H2,1-3H3,(H,31,32)/t21-,25?/m0/s1. The number of anilines is 1. The molecule has 2 heterocycles. The molecule has 2 aliphatic heterocycles. The quantitative estimate of drug-likeness (QED) is 0.371. The van der Waals surface area contributed by atoms with Crippen LogP contribution in [-0.4, -0.2) is 74.1 Å². The topological polar surface area (TPSA) is 97.8 Å². The van der Waals surface area contributed by atoms with Gasteiger partial charge in [0.25, 0.3) is 5.91 Å². The number of carbonyl (C=O) groups is 2. The highest BCUT2D eigenvalue weighted by atomic mass is 79.9. The molecule has 2 aromatic carbocycles. The zero-order valence-corrected chi connectivity index (χ0v) is 22.0. The fourth-order valence-corrected chi connectivity index (χ4v) is 4.89. The maximum atomic E-state index is 13.8. The van der Waals surface area contributed by atoms with Gasteiger partial charge in [0.05, 0.1) is 38.1 Å². The van der Waals surface area contributed by atoms with Crippen molar-refractivity contribution >= 4 is 39.2 Å². The van der Waals surface area contributed by atoms with Gasteiger partial charge in [-0.05, 0) is 42.2 Å². The summed E-state index contributed by atoms with van der Waals surface area (Å²) in [5.41, 5.74) is 2.40. The van der Waals surface area contributed by atoms with Gasteiger partial charge in [0, 0.05) is 25.1 Å². The molecule has 0 saturated carbocycles. The monoisotopic (exact) mass is 560 g/mol. The smallest absolute Gasteiger partial charge is 0.414 e. The molecule has 0 aromatic heterocycles. The number of nitrogens with zero attached hydrogens (tertiary/aromatic N) is 2. The molecule has 0 saturated heterocycles. The van der Waals surface area contributed by atoms with Crippen LogP contribution in [0.1, 0.15) is 28.8 Å². The summed E-state index contributed by atoms with van der Waals surface area (Å²) in [5, 5.41) is 11.0. The van der Waals surface area contributed by atoms with E-state index in [-0.39, 0.29) is 17.2 Å². The first-order valence-electron chi connectivity index (χ1n) is 11.5. The Morgan fingerprint density at radius 3 is 2.47 bits per heavy atom. The minimum atomic E-state index is -1.23. The molecule has 0 bridgehead atoms. The van der Waals surface area contributed by atoms with Gasteiger partial charge in [-0.2, -0.15) is 0 Å². The highest BCUT2D eigenvalue weighted by molar-refractivity contribution is 9.09. The number of alkyl halides is 1. The molecule has 2 atom stereocenters. The first-order chi connectivity index (χ1) is 17.4. The van der Waals surface area contributed by atoms with Crippen LogP contribution >= 0.6 is 15.9 Å². The maximum absolute atomic E-state index is 13.8. The highest BCUT2D eigenvalue weighted by Gasteiger charge is 2.45. The van der Waals surface area contributed by atoms with Gasteiger partial charge in [0.15, 0.2) is 17.7 Å². The number of ether oxygens (including phenoxy) is 4. The number of hydrogen-bond acceptors (Lipinski definition) is 6. The molecular weight excluding hydrogens is 532 g/mol. The van der Waals surface area contributed by atoms with Crippen LogP contribution in [0.5, 0.6) is 17.2 Å². The SMILES string of the molecule is COc1ccc(C2=CCN3C(=O)c4cc(OC)c(OCCCBr)cc4N(C(=O)O)C(OC)[C@@H]3C2)cc1. The van der Waals surface area contributed by atoms with Gasteiger partial charge >= 0.3 is 6.09 Å². The van der Waals surface area contributed by atoms with Crippen molar-refractivity contribution in [1.82, 2.24) is 4.90 Å². The largest absolute Gasteiger partial charge is 0.497 e. The van der Waals surface area contributed by atoms with Crippen molar-refractivity contribution in [2.24, 2.45) is 0 Å². The number of rotatable bonds is 8. The third kappa shape index (κ3) is 4.87. The summed E-state index contributed by atoms with van der Waals surface area (Å²) in [5.74, 6) is 1.17.